The van der Waals surface area contributed by atoms with Gasteiger partial charge in [0.15, 0.2) is 5.76 Å². The van der Waals surface area contributed by atoms with Gasteiger partial charge >= 0.3 is 0 Å². The number of aliphatic hydroxyl groups excluding tert-OH is 1. The number of methoxy groups -OCH3 is 1. The van der Waals surface area contributed by atoms with Crippen molar-refractivity contribution in [3.8, 4) is 5.75 Å². The Hall–Kier alpha value is -3.33. The van der Waals surface area contributed by atoms with Crippen LogP contribution in [0.3, 0.4) is 0 Å². The largest absolute Gasteiger partial charge is 0.497 e. The first-order valence-electron chi connectivity index (χ1n) is 11.8. The fraction of sp³-hybridized carbons (Fsp3) is 0.370. The highest BCUT2D eigenvalue weighted by atomic mass is 16.7. The normalized spacial score (nSPS) is 17.6. The molecule has 35 heavy (non-hydrogen) atoms. The molecule has 0 spiro atoms. The minimum Gasteiger partial charge on any atom is -0.497 e. The maximum Gasteiger partial charge on any atom is 0.286 e. The molecule has 8 nitrogen and oxygen atoms in total. The van der Waals surface area contributed by atoms with Crippen LogP contribution in [0, 0.1) is 0 Å². The van der Waals surface area contributed by atoms with Gasteiger partial charge in [-0.2, -0.15) is 0 Å². The van der Waals surface area contributed by atoms with Gasteiger partial charge in [-0.05, 0) is 41.8 Å². The third-order valence-corrected chi connectivity index (χ3v) is 5.93. The smallest absolute Gasteiger partial charge is 0.286 e. The molecule has 3 aromatic rings. The van der Waals surface area contributed by atoms with Gasteiger partial charge in [-0.1, -0.05) is 30.3 Å². The Labute approximate surface area is 204 Å². The van der Waals surface area contributed by atoms with E-state index in [-0.39, 0.29) is 30.8 Å². The second kappa shape index (κ2) is 12.4. The zero-order chi connectivity index (χ0) is 24.5. The van der Waals surface area contributed by atoms with E-state index >= 15 is 0 Å². The van der Waals surface area contributed by atoms with Crippen LogP contribution in [0.4, 0.5) is 0 Å². The fourth-order valence-electron chi connectivity index (χ4n) is 4.15. The van der Waals surface area contributed by atoms with Gasteiger partial charge in [0.1, 0.15) is 5.75 Å². The van der Waals surface area contributed by atoms with Crippen LogP contribution in [-0.4, -0.2) is 62.4 Å². The third kappa shape index (κ3) is 6.63. The highest BCUT2D eigenvalue weighted by Gasteiger charge is 2.28. The summed E-state index contributed by atoms with van der Waals surface area (Å²) >= 11 is 0. The molecule has 1 aliphatic rings. The number of carbonyl (C=O) groups is 1. The van der Waals surface area contributed by atoms with Gasteiger partial charge in [0.2, 0.25) is 6.29 Å². The van der Waals surface area contributed by atoms with E-state index < -0.39 is 6.29 Å². The quantitative estimate of drug-likeness (QED) is 0.344. The van der Waals surface area contributed by atoms with Crippen molar-refractivity contribution in [2.75, 3.05) is 40.1 Å². The van der Waals surface area contributed by atoms with Crippen LogP contribution in [0.1, 0.15) is 23.5 Å². The van der Waals surface area contributed by atoms with Crippen molar-refractivity contribution in [1.82, 2.24) is 10.3 Å². The predicted molar refractivity (Wildman–Crippen MR) is 132 cm³/mol. The molecule has 8 heteroatoms. The average Bonchev–Trinajstić information content (AvgIpc) is 3.31. The van der Waals surface area contributed by atoms with E-state index in [1.165, 1.54) is 0 Å². The summed E-state index contributed by atoms with van der Waals surface area (Å²) in [6, 6.07) is 15.9. The Morgan fingerprint density at radius 1 is 1.17 bits per heavy atom. The monoisotopic (exact) mass is 480 g/mol. The molecule has 186 valence electrons. The molecule has 2 aromatic carbocycles. The first kappa shape index (κ1) is 24.8. The van der Waals surface area contributed by atoms with E-state index in [4.69, 9.17) is 24.1 Å². The lowest BCUT2D eigenvalue weighted by atomic mass is 9.93. The molecule has 1 aliphatic heterocycles. The van der Waals surface area contributed by atoms with Crippen LogP contribution in [-0.2, 0) is 25.4 Å². The van der Waals surface area contributed by atoms with Crippen molar-refractivity contribution in [3.05, 3.63) is 77.7 Å². The van der Waals surface area contributed by atoms with Crippen molar-refractivity contribution in [1.29, 1.82) is 0 Å². The molecule has 0 bridgehead atoms. The van der Waals surface area contributed by atoms with E-state index in [9.17, 15) is 4.79 Å². The molecule has 1 aromatic heterocycles. The minimum atomic E-state index is -0.565. The van der Waals surface area contributed by atoms with Crippen molar-refractivity contribution in [2.45, 2.75) is 25.0 Å². The Kier molecular flexibility index (Phi) is 8.78. The number of aliphatic hydroxyl groups is 1. The van der Waals surface area contributed by atoms with Crippen molar-refractivity contribution in [3.63, 3.8) is 0 Å². The molecular weight excluding hydrogens is 448 g/mol. The summed E-state index contributed by atoms with van der Waals surface area (Å²) < 4.78 is 22.3. The molecule has 3 N–H and O–H groups in total. The molecule has 2 atom stereocenters. The van der Waals surface area contributed by atoms with Crippen molar-refractivity contribution >= 4 is 16.8 Å². The van der Waals surface area contributed by atoms with Crippen LogP contribution in [0.25, 0.3) is 10.9 Å². The summed E-state index contributed by atoms with van der Waals surface area (Å²) in [6.07, 6.45) is 4.52. The number of rotatable bonds is 12. The van der Waals surface area contributed by atoms with Crippen LogP contribution in [0.5, 0.6) is 5.75 Å². The lowest BCUT2D eigenvalue weighted by Crippen LogP contribution is -2.34. The molecule has 0 fully saturated rings. The number of allylic oxidation sites excluding steroid dienone is 1. The number of benzene rings is 2. The summed E-state index contributed by atoms with van der Waals surface area (Å²) in [4.78, 5) is 16.2. The second-order valence-corrected chi connectivity index (χ2v) is 8.27. The van der Waals surface area contributed by atoms with Gasteiger partial charge in [-0.25, -0.2) is 0 Å². The van der Waals surface area contributed by atoms with Gasteiger partial charge in [0.05, 0.1) is 33.5 Å². The Morgan fingerprint density at radius 2 is 2.03 bits per heavy atom. The van der Waals surface area contributed by atoms with E-state index in [2.05, 4.69) is 10.3 Å². The van der Waals surface area contributed by atoms with E-state index in [0.29, 0.717) is 32.6 Å². The van der Waals surface area contributed by atoms with Gasteiger partial charge in [0.25, 0.3) is 5.91 Å². The zero-order valence-corrected chi connectivity index (χ0v) is 19.9. The number of fused-ring (bicyclic) bond motifs is 1. The maximum absolute atomic E-state index is 13.0. The molecule has 4 rings (SSSR count). The number of ether oxygens (including phenoxy) is 4. The number of H-pyrrole nitrogens is 1. The van der Waals surface area contributed by atoms with E-state index in [0.717, 1.165) is 27.8 Å². The molecule has 0 saturated carbocycles. The lowest BCUT2D eigenvalue weighted by Gasteiger charge is -2.29. The number of amides is 1. The van der Waals surface area contributed by atoms with Crippen LogP contribution >= 0.6 is 0 Å². The van der Waals surface area contributed by atoms with E-state index in [1.54, 1.807) is 7.11 Å². The molecule has 0 aliphatic carbocycles. The fourth-order valence-corrected chi connectivity index (χ4v) is 4.15. The Bertz CT molecular complexity index is 1130. The first-order valence-corrected chi connectivity index (χ1v) is 11.8. The summed E-state index contributed by atoms with van der Waals surface area (Å²) in [5, 5.41) is 12.9. The van der Waals surface area contributed by atoms with Gasteiger partial charge in [0, 0.05) is 36.0 Å². The standard InChI is InChI=1S/C27H32N2O6/c1-32-22-7-8-24-23(17-22)20(18-29-24)9-10-28-27(31)25-15-21(19-5-3-2-4-6-19)16-26(35-25)34-14-13-33-12-11-30/h2-8,15,17-18,21,26,29-30H,9-14,16H2,1H3,(H,28,31)/t21-,26+/m1/s1. The number of aromatic nitrogens is 1. The van der Waals surface area contributed by atoms with Crippen LogP contribution < -0.4 is 10.1 Å². The number of aromatic amines is 1. The Balaban J connectivity index is 1.38. The second-order valence-electron chi connectivity index (χ2n) is 8.27. The predicted octanol–water partition coefficient (Wildman–Crippen LogP) is 3.27. The summed E-state index contributed by atoms with van der Waals surface area (Å²) in [6.45, 7) is 1.34. The number of hydrogen-bond donors (Lipinski definition) is 3. The van der Waals surface area contributed by atoms with E-state index in [1.807, 2.05) is 60.8 Å². The van der Waals surface area contributed by atoms with Gasteiger partial charge < -0.3 is 34.4 Å². The molecule has 2 heterocycles. The first-order chi connectivity index (χ1) is 17.2. The summed E-state index contributed by atoms with van der Waals surface area (Å²) in [5.74, 6) is 0.776. The van der Waals surface area contributed by atoms with Crippen molar-refractivity contribution < 1.29 is 28.8 Å². The molecule has 0 saturated heterocycles. The van der Waals surface area contributed by atoms with Gasteiger partial charge in [-0.15, -0.1) is 0 Å². The zero-order valence-electron chi connectivity index (χ0n) is 19.9. The maximum atomic E-state index is 13.0. The lowest BCUT2D eigenvalue weighted by molar-refractivity contribution is -0.151. The topological polar surface area (TPSA) is 102 Å². The number of nitrogens with one attached hydrogen (secondary N) is 2. The molecule has 0 radical (unpaired) electrons. The van der Waals surface area contributed by atoms with Gasteiger partial charge in [-0.3, -0.25) is 4.79 Å². The summed E-state index contributed by atoms with van der Waals surface area (Å²) in [7, 11) is 1.65. The summed E-state index contributed by atoms with van der Waals surface area (Å²) in [5.41, 5.74) is 3.22. The number of carbonyl (C=O) groups excluding carboxylic acids is 1. The highest BCUT2D eigenvalue weighted by Crippen LogP contribution is 2.31. The number of hydrogen-bond acceptors (Lipinski definition) is 6. The van der Waals surface area contributed by atoms with Crippen LogP contribution in [0.15, 0.2) is 66.6 Å². The third-order valence-electron chi connectivity index (χ3n) is 5.93. The molecular formula is C27H32N2O6. The Morgan fingerprint density at radius 3 is 2.83 bits per heavy atom. The highest BCUT2D eigenvalue weighted by molar-refractivity contribution is 5.92. The minimum absolute atomic E-state index is 0.00450. The van der Waals surface area contributed by atoms with Crippen LogP contribution in [0.2, 0.25) is 0 Å². The molecule has 1 amide bonds. The SMILES string of the molecule is COc1ccc2[nH]cc(CCNC(=O)C3=C[C@@H](c4ccccc4)C[C@@H](OCCOCCO)O3)c2c1. The van der Waals surface area contributed by atoms with Crippen molar-refractivity contribution in [2.24, 2.45) is 0 Å². The average molecular weight is 481 g/mol. The molecule has 0 unspecified atom stereocenters.